The number of benzene rings is 8. The number of fused-ring (bicyclic) bond motifs is 5. The Labute approximate surface area is 496 Å². The van der Waals surface area contributed by atoms with Gasteiger partial charge < -0.3 is 13.6 Å². The van der Waals surface area contributed by atoms with E-state index in [-0.39, 0.29) is 59.6 Å². The quantitative estimate of drug-likeness (QED) is 0.128. The Hall–Kier alpha value is -6.85. The summed E-state index contributed by atoms with van der Waals surface area (Å²) in [6.45, 7) is 14.8. The van der Waals surface area contributed by atoms with Crippen LogP contribution in [0.5, 0.6) is 0 Å². The number of aromatic nitrogens is 4. The van der Waals surface area contributed by atoms with Crippen LogP contribution in [0.15, 0.2) is 150 Å². The molecule has 0 spiro atoms. The summed E-state index contributed by atoms with van der Waals surface area (Å²) in [5.74, 6) is 1.68. The second kappa shape index (κ2) is 22.4. The molecule has 8 aromatic carbocycles. The fourth-order valence-corrected chi connectivity index (χ4v) is 11.6. The first kappa shape index (κ1) is 44.0. The normalized spacial score (nSPS) is 16.6. The molecule has 79 heavy (non-hydrogen) atoms. The van der Waals surface area contributed by atoms with Gasteiger partial charge in [-0.1, -0.05) is 179 Å². The van der Waals surface area contributed by atoms with E-state index in [0.29, 0.717) is 50.7 Å². The van der Waals surface area contributed by atoms with Crippen LogP contribution in [0.1, 0.15) is 183 Å². The molecule has 6 heteroatoms. The first-order valence-corrected chi connectivity index (χ1v) is 27.8. The van der Waals surface area contributed by atoms with E-state index in [1.807, 2.05) is 72.8 Å². The largest absolute Gasteiger partial charge is 0.501 e. The van der Waals surface area contributed by atoms with Crippen LogP contribution in [-0.4, -0.2) is 19.1 Å². The summed E-state index contributed by atoms with van der Waals surface area (Å²) in [4.78, 5) is 10.1. The molecule has 1 fully saturated rings. The van der Waals surface area contributed by atoms with Crippen LogP contribution in [0.25, 0.3) is 89.3 Å². The van der Waals surface area contributed by atoms with E-state index in [4.69, 9.17) is 26.7 Å². The minimum atomic E-state index is -2.55. The molecule has 3 heterocycles. The summed E-state index contributed by atoms with van der Waals surface area (Å²) in [6.07, 6.45) is 3.49. The van der Waals surface area contributed by atoms with E-state index in [0.717, 1.165) is 87.2 Å². The maximum atomic E-state index is 9.30. The molecular weight excluding hydrogens is 1140 g/mol. The minimum Gasteiger partial charge on any atom is -0.501 e. The van der Waals surface area contributed by atoms with Crippen LogP contribution in [0.3, 0.4) is 0 Å². The Morgan fingerprint density at radius 1 is 0.595 bits per heavy atom. The smallest absolute Gasteiger partial charge is 0.121 e. The zero-order valence-corrected chi connectivity index (χ0v) is 49.4. The van der Waals surface area contributed by atoms with E-state index >= 15 is 0 Å². The van der Waals surface area contributed by atoms with Crippen LogP contribution in [0.4, 0.5) is 0 Å². The van der Waals surface area contributed by atoms with Crippen molar-refractivity contribution in [2.24, 2.45) is 5.41 Å². The van der Waals surface area contributed by atoms with Crippen molar-refractivity contribution in [1.82, 2.24) is 19.1 Å². The third-order valence-corrected chi connectivity index (χ3v) is 16.0. The van der Waals surface area contributed by atoms with Gasteiger partial charge in [-0.05, 0) is 148 Å². The molecule has 1 aliphatic carbocycles. The van der Waals surface area contributed by atoms with Gasteiger partial charge in [0.25, 0.3) is 0 Å². The van der Waals surface area contributed by atoms with Crippen molar-refractivity contribution in [3.05, 3.63) is 202 Å². The molecule has 1 radical (unpaired) electrons. The molecule has 0 saturated heterocycles. The molecular formula is C73H76IrN4O-2. The zero-order valence-electron chi connectivity index (χ0n) is 57.0. The van der Waals surface area contributed by atoms with Crippen molar-refractivity contribution in [3.63, 3.8) is 0 Å². The van der Waals surface area contributed by atoms with Gasteiger partial charge >= 0.3 is 0 Å². The van der Waals surface area contributed by atoms with Crippen LogP contribution in [0.2, 0.25) is 0 Å². The van der Waals surface area contributed by atoms with E-state index in [9.17, 15) is 1.37 Å². The van der Waals surface area contributed by atoms with E-state index in [2.05, 4.69) is 133 Å². The topological polar surface area (TPSA) is 48.8 Å². The van der Waals surface area contributed by atoms with Crippen molar-refractivity contribution in [2.75, 3.05) is 0 Å². The van der Waals surface area contributed by atoms with Gasteiger partial charge in [-0.2, -0.15) is 0 Å². The second-order valence-electron chi connectivity index (χ2n) is 23.3. The fourth-order valence-electron chi connectivity index (χ4n) is 11.6. The Morgan fingerprint density at radius 3 is 1.66 bits per heavy atom. The fraction of sp³-hybridized carbons (Fsp3) is 0.315. The predicted octanol–water partition coefficient (Wildman–Crippen LogP) is 20.7. The number of para-hydroxylation sites is 6. The molecule has 0 atom stereocenters. The van der Waals surface area contributed by atoms with Crippen LogP contribution < -0.4 is 0 Å². The number of aryl methyl sites for hydroxylation is 3. The molecule has 5 nitrogen and oxygen atoms in total. The van der Waals surface area contributed by atoms with Crippen molar-refractivity contribution in [3.8, 4) is 45.3 Å². The molecule has 0 aliphatic heterocycles. The Bertz CT molecular complexity index is 4340. The Kier molecular flexibility index (Phi) is 12.4. The van der Waals surface area contributed by atoms with Gasteiger partial charge in [-0.25, -0.2) is 0 Å². The SMILES string of the molecule is [2H]C([2H])([2H])c1c[c-]c(-c2nc3ccccc3n2-c2c(C(C)C)cccc2C(C)C)cc1.[2H]C([2H])([2H])c1cc2c(cc1-c1ccc(C3([2H])CCC(C)(C)CC3)cc1)oc1c(-c3nc4ccccc4n3-c3c(C(C)C)cccc3C(C)C)[c-]cc(C([2H])([2H])[2H])c12.[Ir]. The maximum absolute atomic E-state index is 9.30. The van der Waals surface area contributed by atoms with Gasteiger partial charge in [-0.3, -0.25) is 9.97 Å². The average molecular weight is 1230 g/mol. The summed E-state index contributed by atoms with van der Waals surface area (Å²) in [5.41, 5.74) is 15.2. The maximum Gasteiger partial charge on any atom is 0.121 e. The standard InChI is InChI=1S/C47H49N2O.C26H27N2.Ir/c1-28(2)35-12-11-13-36(29(3)4)44(35)49-41-15-10-9-14-40(41)48-46(49)37-21-16-30(5)43-39-26-31(6)38(27-42(39)50-45(37)43)34-19-17-32(18-20-34)33-22-24-47(7,8)25-23-33;1-17(2)21-9-8-10-22(18(3)4)25(21)28-24-12-7-6-11-23(24)27-26(28)20-15-13-19(5)14-16-20;/h9-20,26-29,33H,22-25H2,1-8H3;6-15,17-18H,1-5H3;/q2*-1;/i5D3,6D3,33D;5D3;. The van der Waals surface area contributed by atoms with Crippen LogP contribution in [-0.2, 0) is 20.1 Å². The number of nitrogens with zero attached hydrogens (tertiary/aromatic N) is 4. The van der Waals surface area contributed by atoms with E-state index in [1.54, 1.807) is 24.3 Å². The Morgan fingerprint density at radius 2 is 1.14 bits per heavy atom. The second-order valence-corrected chi connectivity index (χ2v) is 23.3. The summed E-state index contributed by atoms with van der Waals surface area (Å²) in [7, 11) is 0. The zero-order chi connectivity index (χ0) is 63.2. The molecule has 0 N–H and O–H groups in total. The molecule has 0 amide bonds. The van der Waals surface area contributed by atoms with Crippen molar-refractivity contribution < 1.29 is 38.2 Å². The van der Waals surface area contributed by atoms with E-state index < -0.39 is 26.4 Å². The first-order chi connectivity index (χ1) is 41.5. The number of rotatable bonds is 10. The minimum absolute atomic E-state index is 0. The average Bonchev–Trinajstić information content (AvgIpc) is 1.64. The monoisotopic (exact) mass is 1230 g/mol. The molecule has 1 saturated carbocycles. The molecule has 12 rings (SSSR count). The van der Waals surface area contributed by atoms with Crippen molar-refractivity contribution in [1.29, 1.82) is 0 Å². The number of hydrogen-bond acceptors (Lipinski definition) is 3. The van der Waals surface area contributed by atoms with Crippen LogP contribution in [0, 0.1) is 38.1 Å². The third-order valence-electron chi connectivity index (χ3n) is 16.0. The number of furan rings is 1. The molecule has 0 unspecified atom stereocenters. The summed E-state index contributed by atoms with van der Waals surface area (Å²) >= 11 is 0. The van der Waals surface area contributed by atoms with Crippen LogP contribution >= 0.6 is 0 Å². The molecule has 11 aromatic rings. The Balaban J connectivity index is 0.000000230. The van der Waals surface area contributed by atoms with Crippen molar-refractivity contribution >= 4 is 44.0 Å². The predicted molar refractivity (Wildman–Crippen MR) is 329 cm³/mol. The summed E-state index contributed by atoms with van der Waals surface area (Å²) in [5, 5.41) is 0.725. The first-order valence-electron chi connectivity index (χ1n) is 32.8. The molecule has 0 bridgehead atoms. The third kappa shape index (κ3) is 10.5. The van der Waals surface area contributed by atoms with Gasteiger partial charge in [0.05, 0.1) is 39.3 Å². The molecule has 1 aliphatic rings. The molecule has 3 aromatic heterocycles. The molecule has 405 valence electrons. The number of hydrogen-bond donors (Lipinski definition) is 0. The summed E-state index contributed by atoms with van der Waals surface area (Å²) in [6, 6.07) is 53.0. The van der Waals surface area contributed by atoms with E-state index in [1.165, 1.54) is 17.2 Å². The van der Waals surface area contributed by atoms with Crippen molar-refractivity contribution in [2.45, 2.75) is 145 Å². The van der Waals surface area contributed by atoms with Gasteiger partial charge in [0.15, 0.2) is 0 Å². The van der Waals surface area contributed by atoms with Gasteiger partial charge in [0, 0.05) is 50.6 Å². The number of imidazole rings is 2. The van der Waals surface area contributed by atoms with Gasteiger partial charge in [0.1, 0.15) is 5.58 Å². The summed E-state index contributed by atoms with van der Waals surface area (Å²) < 4.78 is 95.1. The van der Waals surface area contributed by atoms with Gasteiger partial charge in [0.2, 0.25) is 0 Å². The van der Waals surface area contributed by atoms with Gasteiger partial charge in [-0.15, -0.1) is 53.1 Å².